The fourth-order valence-corrected chi connectivity index (χ4v) is 2.96. The summed E-state index contributed by atoms with van der Waals surface area (Å²) in [6.07, 6.45) is 4.75. The summed E-state index contributed by atoms with van der Waals surface area (Å²) in [4.78, 5) is 25.6. The molecule has 4 aromatic rings. The van der Waals surface area contributed by atoms with Crippen molar-refractivity contribution in [3.05, 3.63) is 66.0 Å². The van der Waals surface area contributed by atoms with Crippen LogP contribution >= 0.6 is 0 Å². The zero-order valence-electron chi connectivity index (χ0n) is 17.3. The molecule has 31 heavy (non-hydrogen) atoms. The van der Waals surface area contributed by atoms with Gasteiger partial charge in [0.25, 0.3) is 5.89 Å². The van der Waals surface area contributed by atoms with Crippen molar-refractivity contribution in [3.8, 4) is 17.1 Å². The van der Waals surface area contributed by atoms with Gasteiger partial charge in [-0.3, -0.25) is 9.48 Å². The van der Waals surface area contributed by atoms with E-state index in [0.717, 1.165) is 16.9 Å². The molecule has 1 amide bonds. The van der Waals surface area contributed by atoms with E-state index in [9.17, 15) is 4.79 Å². The molecular weight excluding hydrogens is 398 g/mol. The van der Waals surface area contributed by atoms with Crippen molar-refractivity contribution in [3.63, 3.8) is 0 Å². The molecule has 0 saturated carbocycles. The Bertz CT molecular complexity index is 1220. The van der Waals surface area contributed by atoms with Gasteiger partial charge in [0.05, 0.1) is 13.3 Å². The number of anilines is 2. The molecule has 2 N–H and O–H groups in total. The number of hydrogen-bond acceptors (Lipinski definition) is 8. The quantitative estimate of drug-likeness (QED) is 0.469. The maximum absolute atomic E-state index is 12.5. The highest BCUT2D eigenvalue weighted by Crippen LogP contribution is 2.23. The molecule has 0 saturated heterocycles. The van der Waals surface area contributed by atoms with E-state index in [1.165, 1.54) is 6.26 Å². The Labute approximate surface area is 178 Å². The fraction of sp³-hybridized carbons (Fsp3) is 0.190. The lowest BCUT2D eigenvalue weighted by atomic mass is 10.2. The zero-order chi connectivity index (χ0) is 21.8. The smallest absolute Gasteiger partial charge is 0.307 e. The molecule has 158 valence electrons. The van der Waals surface area contributed by atoms with Crippen molar-refractivity contribution < 1.29 is 13.9 Å². The van der Waals surface area contributed by atoms with Crippen LogP contribution < -0.4 is 15.4 Å². The van der Waals surface area contributed by atoms with Crippen LogP contribution in [0.25, 0.3) is 11.4 Å². The Morgan fingerprint density at radius 1 is 1.23 bits per heavy atom. The molecule has 0 spiro atoms. The van der Waals surface area contributed by atoms with Gasteiger partial charge >= 0.3 is 5.91 Å². The summed E-state index contributed by atoms with van der Waals surface area (Å²) in [5, 5.41) is 9.99. The molecule has 0 radical (unpaired) electrons. The number of methoxy groups -OCH3 is 1. The van der Waals surface area contributed by atoms with Gasteiger partial charge in [0.15, 0.2) is 0 Å². The number of ether oxygens (including phenoxy) is 1. The van der Waals surface area contributed by atoms with Crippen LogP contribution in [-0.2, 0) is 13.6 Å². The van der Waals surface area contributed by atoms with Crippen LogP contribution in [0.4, 0.5) is 11.8 Å². The number of rotatable bonds is 7. The number of para-hydroxylation sites is 1. The first-order valence-electron chi connectivity index (χ1n) is 9.50. The first-order valence-corrected chi connectivity index (χ1v) is 9.50. The Kier molecular flexibility index (Phi) is 5.61. The number of benzene rings is 1. The number of amides is 1. The number of aromatic nitrogens is 5. The monoisotopic (exact) mass is 419 g/mol. The average molecular weight is 419 g/mol. The second-order valence-electron chi connectivity index (χ2n) is 6.72. The zero-order valence-corrected chi connectivity index (χ0v) is 17.3. The summed E-state index contributed by atoms with van der Waals surface area (Å²) >= 11 is 0. The van der Waals surface area contributed by atoms with Crippen LogP contribution in [0.3, 0.4) is 0 Å². The molecule has 10 heteroatoms. The lowest BCUT2D eigenvalue weighted by molar-refractivity contribution is 0.0916. The minimum Gasteiger partial charge on any atom is -0.496 e. The maximum Gasteiger partial charge on any atom is 0.307 e. The number of nitrogens with one attached hydrogen (secondary N) is 2. The second-order valence-corrected chi connectivity index (χ2v) is 6.72. The Morgan fingerprint density at radius 2 is 2.06 bits per heavy atom. The lowest BCUT2D eigenvalue weighted by Crippen LogP contribution is -2.23. The molecule has 0 bridgehead atoms. The van der Waals surface area contributed by atoms with Crippen LogP contribution in [0.2, 0.25) is 0 Å². The molecule has 0 fully saturated rings. The Balaban J connectivity index is 1.49. The van der Waals surface area contributed by atoms with E-state index in [2.05, 4.69) is 30.7 Å². The van der Waals surface area contributed by atoms with E-state index >= 15 is 0 Å². The maximum atomic E-state index is 12.5. The largest absolute Gasteiger partial charge is 0.496 e. The van der Waals surface area contributed by atoms with Crippen molar-refractivity contribution >= 4 is 17.7 Å². The van der Waals surface area contributed by atoms with Crippen molar-refractivity contribution in [1.29, 1.82) is 0 Å². The highest BCUT2D eigenvalue weighted by molar-refractivity contribution is 5.90. The number of aryl methyl sites for hydroxylation is 2. The van der Waals surface area contributed by atoms with E-state index in [0.29, 0.717) is 23.1 Å². The van der Waals surface area contributed by atoms with Gasteiger partial charge in [-0.15, -0.1) is 0 Å². The third-order valence-corrected chi connectivity index (χ3v) is 4.61. The van der Waals surface area contributed by atoms with Gasteiger partial charge < -0.3 is 19.8 Å². The molecule has 4 rings (SSSR count). The first kappa shape index (κ1) is 20.1. The van der Waals surface area contributed by atoms with Gasteiger partial charge in [-0.1, -0.05) is 18.2 Å². The summed E-state index contributed by atoms with van der Waals surface area (Å²) in [5.41, 5.74) is 2.65. The van der Waals surface area contributed by atoms with E-state index in [4.69, 9.17) is 9.15 Å². The first-order chi connectivity index (χ1) is 15.0. The highest BCUT2D eigenvalue weighted by atomic mass is 16.5. The van der Waals surface area contributed by atoms with Crippen LogP contribution in [0.15, 0.2) is 53.4 Å². The van der Waals surface area contributed by atoms with Crippen molar-refractivity contribution in [2.75, 3.05) is 12.4 Å². The molecule has 0 aliphatic rings. The van der Waals surface area contributed by atoms with Crippen molar-refractivity contribution in [1.82, 2.24) is 30.0 Å². The van der Waals surface area contributed by atoms with Gasteiger partial charge in [0.1, 0.15) is 29.2 Å². The molecule has 0 aliphatic heterocycles. The lowest BCUT2D eigenvalue weighted by Gasteiger charge is -2.08. The van der Waals surface area contributed by atoms with Crippen LogP contribution in [0.5, 0.6) is 5.75 Å². The summed E-state index contributed by atoms with van der Waals surface area (Å²) in [6, 6.07) is 9.26. The van der Waals surface area contributed by atoms with Crippen molar-refractivity contribution in [2.45, 2.75) is 13.5 Å². The minimum atomic E-state index is -0.433. The fourth-order valence-electron chi connectivity index (χ4n) is 2.96. The van der Waals surface area contributed by atoms with Crippen molar-refractivity contribution in [2.24, 2.45) is 7.05 Å². The number of oxazole rings is 1. The molecule has 3 aromatic heterocycles. The molecule has 1 aromatic carbocycles. The van der Waals surface area contributed by atoms with Crippen LogP contribution in [0, 0.1) is 6.92 Å². The minimum absolute atomic E-state index is 0.0518. The van der Waals surface area contributed by atoms with Gasteiger partial charge in [-0.25, -0.2) is 15.0 Å². The van der Waals surface area contributed by atoms with E-state index in [-0.39, 0.29) is 12.4 Å². The highest BCUT2D eigenvalue weighted by Gasteiger charge is 2.17. The predicted molar refractivity (Wildman–Crippen MR) is 113 cm³/mol. The third-order valence-electron chi connectivity index (χ3n) is 4.61. The average Bonchev–Trinajstić information content (AvgIpc) is 3.43. The van der Waals surface area contributed by atoms with Gasteiger partial charge in [-0.2, -0.15) is 5.10 Å². The van der Waals surface area contributed by atoms with E-state index < -0.39 is 5.91 Å². The number of nitrogens with zero attached hydrogens (tertiary/aromatic N) is 5. The molecule has 0 unspecified atom stereocenters. The number of carbonyl (C=O) groups excluding carboxylic acids is 1. The molecular formula is C21H21N7O3. The van der Waals surface area contributed by atoms with Gasteiger partial charge in [0.2, 0.25) is 5.95 Å². The summed E-state index contributed by atoms with van der Waals surface area (Å²) in [5.74, 6) is 1.34. The van der Waals surface area contributed by atoms with Gasteiger partial charge in [0, 0.05) is 31.4 Å². The molecule has 0 atom stereocenters. The molecule has 0 aliphatic carbocycles. The SMILES string of the molecule is COc1ccccc1CNC(=O)c1nc(-c2nc(Nc3ccnn3C)ncc2C)co1. The summed E-state index contributed by atoms with van der Waals surface area (Å²) in [7, 11) is 3.40. The standard InChI is InChI=1S/C21H21N7O3/c1-13-10-23-21(26-17-8-9-24-28(17)2)27-18(13)15-12-31-20(25-15)19(29)22-11-14-6-4-5-7-16(14)30-3/h4-10,12H,11H2,1-3H3,(H,22,29)(H,23,26,27). The predicted octanol–water partition coefficient (Wildman–Crippen LogP) is 2.86. The number of hydrogen-bond donors (Lipinski definition) is 2. The Hall–Kier alpha value is -4.21. The molecule has 3 heterocycles. The van der Waals surface area contributed by atoms with Crippen LogP contribution in [0.1, 0.15) is 21.8 Å². The second kappa shape index (κ2) is 8.66. The summed E-state index contributed by atoms with van der Waals surface area (Å²) in [6.45, 7) is 2.14. The van der Waals surface area contributed by atoms with Gasteiger partial charge in [-0.05, 0) is 18.6 Å². The normalized spacial score (nSPS) is 10.7. The van der Waals surface area contributed by atoms with E-state index in [1.54, 1.807) is 24.2 Å². The summed E-state index contributed by atoms with van der Waals surface area (Å²) < 4.78 is 12.4. The molecule has 10 nitrogen and oxygen atoms in total. The Morgan fingerprint density at radius 3 is 2.84 bits per heavy atom. The number of carbonyl (C=O) groups is 1. The topological polar surface area (TPSA) is 120 Å². The van der Waals surface area contributed by atoms with E-state index in [1.807, 2.05) is 44.3 Å². The van der Waals surface area contributed by atoms with Crippen LogP contribution in [-0.4, -0.2) is 37.7 Å². The third kappa shape index (κ3) is 4.37.